The first-order valence-electron chi connectivity index (χ1n) is 6.27. The number of pyridine rings is 1. The third-order valence-corrected chi connectivity index (χ3v) is 3.26. The van der Waals surface area contributed by atoms with Gasteiger partial charge in [-0.1, -0.05) is 19.9 Å². The molecule has 1 aromatic heterocycles. The van der Waals surface area contributed by atoms with Crippen LogP contribution in [-0.2, 0) is 11.3 Å². The molecule has 0 spiro atoms. The molecule has 0 saturated heterocycles. The van der Waals surface area contributed by atoms with Gasteiger partial charge in [-0.05, 0) is 18.9 Å². The summed E-state index contributed by atoms with van der Waals surface area (Å²) in [6, 6.07) is 6.97. The number of amides is 1. The van der Waals surface area contributed by atoms with Gasteiger partial charge >= 0.3 is 0 Å². The lowest BCUT2D eigenvalue weighted by molar-refractivity contribution is -0.122. The van der Waals surface area contributed by atoms with Gasteiger partial charge in [0.15, 0.2) is 0 Å². The predicted octanol–water partition coefficient (Wildman–Crippen LogP) is 1.29. The molecule has 102 valence electrons. The molecule has 1 unspecified atom stereocenters. The zero-order valence-corrected chi connectivity index (χ0v) is 11.5. The lowest BCUT2D eigenvalue weighted by atomic mass is 9.90. The van der Waals surface area contributed by atoms with Gasteiger partial charge in [-0.25, -0.2) is 0 Å². The van der Waals surface area contributed by atoms with Crippen LogP contribution >= 0.6 is 0 Å². The number of nitrogens with zero attached hydrogens (tertiary/aromatic N) is 2. The number of hydrogen-bond acceptors (Lipinski definition) is 3. The van der Waals surface area contributed by atoms with E-state index in [1.807, 2.05) is 13.8 Å². The third kappa shape index (κ3) is 3.95. The van der Waals surface area contributed by atoms with E-state index in [4.69, 9.17) is 5.26 Å². The van der Waals surface area contributed by atoms with Crippen LogP contribution in [0, 0.1) is 17.2 Å². The number of nitriles is 1. The molecule has 1 heterocycles. The molecule has 0 aliphatic heterocycles. The van der Waals surface area contributed by atoms with Crippen molar-refractivity contribution in [2.75, 3.05) is 0 Å². The summed E-state index contributed by atoms with van der Waals surface area (Å²) in [6.45, 7) is 5.77. The normalized spacial score (nSPS) is 13.6. The first kappa shape index (κ1) is 15.0. The van der Waals surface area contributed by atoms with Crippen LogP contribution in [0.15, 0.2) is 29.2 Å². The van der Waals surface area contributed by atoms with Crippen molar-refractivity contribution in [3.05, 3.63) is 34.7 Å². The Labute approximate surface area is 112 Å². The number of carbonyl (C=O) groups excluding carboxylic acids is 1. The summed E-state index contributed by atoms with van der Waals surface area (Å²) < 4.78 is 1.47. The van der Waals surface area contributed by atoms with Gasteiger partial charge in [-0.2, -0.15) is 5.26 Å². The number of aryl methyl sites for hydroxylation is 1. The lowest BCUT2D eigenvalue weighted by Gasteiger charge is -2.27. The van der Waals surface area contributed by atoms with E-state index in [1.54, 1.807) is 25.3 Å². The smallest absolute Gasteiger partial charge is 0.250 e. The number of aromatic nitrogens is 1. The average Bonchev–Trinajstić information content (AvgIpc) is 2.37. The molecule has 1 rings (SSSR count). The van der Waals surface area contributed by atoms with Gasteiger partial charge in [-0.15, -0.1) is 0 Å². The molecule has 5 nitrogen and oxygen atoms in total. The van der Waals surface area contributed by atoms with Gasteiger partial charge in [0, 0.05) is 25.2 Å². The zero-order chi connectivity index (χ0) is 14.5. The van der Waals surface area contributed by atoms with E-state index >= 15 is 0 Å². The molecule has 0 aliphatic rings. The minimum atomic E-state index is -0.876. The van der Waals surface area contributed by atoms with Gasteiger partial charge in [0.2, 0.25) is 5.91 Å². The Morgan fingerprint density at radius 1 is 1.53 bits per heavy atom. The Balaban J connectivity index is 2.61. The highest BCUT2D eigenvalue weighted by atomic mass is 16.2. The molecule has 1 aromatic rings. The van der Waals surface area contributed by atoms with Crippen LogP contribution in [0.2, 0.25) is 0 Å². The fraction of sp³-hybridized carbons (Fsp3) is 0.500. The largest absolute Gasteiger partial charge is 0.338 e. The monoisotopic (exact) mass is 261 g/mol. The van der Waals surface area contributed by atoms with E-state index < -0.39 is 5.54 Å². The first-order chi connectivity index (χ1) is 8.89. The highest BCUT2D eigenvalue weighted by molar-refractivity contribution is 5.77. The maximum absolute atomic E-state index is 11.8. The summed E-state index contributed by atoms with van der Waals surface area (Å²) in [4.78, 5) is 23.3. The maximum Gasteiger partial charge on any atom is 0.250 e. The molecular weight excluding hydrogens is 242 g/mol. The van der Waals surface area contributed by atoms with Gasteiger partial charge in [0.25, 0.3) is 5.56 Å². The number of carbonyl (C=O) groups is 1. The van der Waals surface area contributed by atoms with Crippen molar-refractivity contribution in [2.45, 2.75) is 39.3 Å². The SMILES string of the molecule is CC(C)C(C)(C#N)NC(=O)CCn1ccccc1=O. The average molecular weight is 261 g/mol. The fourth-order valence-electron chi connectivity index (χ4n) is 1.52. The Morgan fingerprint density at radius 2 is 2.21 bits per heavy atom. The van der Waals surface area contributed by atoms with E-state index in [0.29, 0.717) is 6.54 Å². The van der Waals surface area contributed by atoms with Gasteiger partial charge in [-0.3, -0.25) is 9.59 Å². The van der Waals surface area contributed by atoms with Crippen LogP contribution < -0.4 is 10.9 Å². The van der Waals surface area contributed by atoms with Crippen molar-refractivity contribution in [3.63, 3.8) is 0 Å². The second kappa shape index (κ2) is 6.19. The highest BCUT2D eigenvalue weighted by Gasteiger charge is 2.29. The molecule has 5 heteroatoms. The van der Waals surface area contributed by atoms with Crippen LogP contribution in [-0.4, -0.2) is 16.0 Å². The van der Waals surface area contributed by atoms with Gasteiger partial charge in [0.1, 0.15) is 5.54 Å². The van der Waals surface area contributed by atoms with Crippen molar-refractivity contribution in [2.24, 2.45) is 5.92 Å². The second-order valence-electron chi connectivity index (χ2n) is 5.00. The summed E-state index contributed by atoms with van der Waals surface area (Å²) >= 11 is 0. The van der Waals surface area contributed by atoms with Crippen molar-refractivity contribution in [1.82, 2.24) is 9.88 Å². The quantitative estimate of drug-likeness (QED) is 0.868. The van der Waals surface area contributed by atoms with Crippen LogP contribution in [0.1, 0.15) is 27.2 Å². The van der Waals surface area contributed by atoms with Gasteiger partial charge in [0.05, 0.1) is 6.07 Å². The summed E-state index contributed by atoms with van der Waals surface area (Å²) in [5.41, 5.74) is -1.01. The van der Waals surface area contributed by atoms with Crippen LogP contribution in [0.3, 0.4) is 0 Å². The van der Waals surface area contributed by atoms with Gasteiger partial charge < -0.3 is 9.88 Å². The van der Waals surface area contributed by atoms with Crippen LogP contribution in [0.5, 0.6) is 0 Å². The predicted molar refractivity (Wildman–Crippen MR) is 72.3 cm³/mol. The lowest BCUT2D eigenvalue weighted by Crippen LogP contribution is -2.49. The van der Waals surface area contributed by atoms with E-state index in [0.717, 1.165) is 0 Å². The summed E-state index contributed by atoms with van der Waals surface area (Å²) in [7, 11) is 0. The van der Waals surface area contributed by atoms with Crippen LogP contribution in [0.4, 0.5) is 0 Å². The zero-order valence-electron chi connectivity index (χ0n) is 11.5. The number of rotatable bonds is 5. The molecule has 0 fully saturated rings. The number of nitrogens with one attached hydrogen (secondary N) is 1. The molecule has 19 heavy (non-hydrogen) atoms. The van der Waals surface area contributed by atoms with Crippen molar-refractivity contribution >= 4 is 5.91 Å². The molecule has 1 amide bonds. The third-order valence-electron chi connectivity index (χ3n) is 3.26. The first-order valence-corrected chi connectivity index (χ1v) is 6.27. The Bertz CT molecular complexity index is 542. The van der Waals surface area contributed by atoms with E-state index in [1.165, 1.54) is 10.6 Å². The Kier molecular flexibility index (Phi) is 4.87. The molecule has 0 saturated carbocycles. The van der Waals surface area contributed by atoms with Crippen LogP contribution in [0.25, 0.3) is 0 Å². The Hall–Kier alpha value is -2.09. The van der Waals surface area contributed by atoms with E-state index in [2.05, 4.69) is 11.4 Å². The van der Waals surface area contributed by atoms with E-state index in [9.17, 15) is 9.59 Å². The molecular formula is C14H19N3O2. The maximum atomic E-state index is 11.8. The standard InChI is InChI=1S/C14H19N3O2/c1-11(2)14(3,10-15)16-12(18)7-9-17-8-5-4-6-13(17)19/h4-6,8,11H,7,9H2,1-3H3,(H,16,18). The van der Waals surface area contributed by atoms with E-state index in [-0.39, 0.29) is 23.8 Å². The second-order valence-corrected chi connectivity index (χ2v) is 5.00. The van der Waals surface area contributed by atoms with Crippen molar-refractivity contribution in [1.29, 1.82) is 5.26 Å². The summed E-state index contributed by atoms with van der Waals surface area (Å²) in [5.74, 6) is -0.214. The molecule has 0 bridgehead atoms. The summed E-state index contributed by atoms with van der Waals surface area (Å²) in [6.07, 6.45) is 1.81. The minimum Gasteiger partial charge on any atom is -0.338 e. The molecule has 1 atom stereocenters. The van der Waals surface area contributed by atoms with Crippen molar-refractivity contribution in [3.8, 4) is 6.07 Å². The molecule has 1 N–H and O–H groups in total. The number of hydrogen-bond donors (Lipinski definition) is 1. The fourth-order valence-corrected chi connectivity index (χ4v) is 1.52. The molecule has 0 aliphatic carbocycles. The van der Waals surface area contributed by atoms with Crippen molar-refractivity contribution < 1.29 is 4.79 Å². The molecule has 0 aromatic carbocycles. The minimum absolute atomic E-state index is 0.0147. The topological polar surface area (TPSA) is 74.9 Å². The highest BCUT2D eigenvalue weighted by Crippen LogP contribution is 2.15. The summed E-state index contributed by atoms with van der Waals surface area (Å²) in [5, 5.41) is 11.8. The Morgan fingerprint density at radius 3 is 2.74 bits per heavy atom. The molecule has 0 radical (unpaired) electrons.